The van der Waals surface area contributed by atoms with Crippen molar-refractivity contribution < 1.29 is 23.5 Å². The van der Waals surface area contributed by atoms with Crippen molar-refractivity contribution in [2.45, 2.75) is 32.9 Å². The third kappa shape index (κ3) is 5.68. The van der Waals surface area contributed by atoms with E-state index < -0.39 is 23.9 Å². The summed E-state index contributed by atoms with van der Waals surface area (Å²) >= 11 is 5.97. The van der Waals surface area contributed by atoms with Crippen LogP contribution in [0.1, 0.15) is 42.7 Å². The number of piperazine rings is 1. The molecule has 0 bridgehead atoms. The van der Waals surface area contributed by atoms with Crippen molar-refractivity contribution in [1.29, 1.82) is 0 Å². The first kappa shape index (κ1) is 27.6. The fourth-order valence-electron chi connectivity index (χ4n) is 5.05. The summed E-state index contributed by atoms with van der Waals surface area (Å²) in [6.45, 7) is 7.75. The van der Waals surface area contributed by atoms with Crippen molar-refractivity contribution in [2.75, 3.05) is 39.3 Å². The normalized spacial score (nSPS) is 20.4. The van der Waals surface area contributed by atoms with Crippen LogP contribution in [-0.4, -0.2) is 78.0 Å². The Hall–Kier alpha value is -3.43. The molecule has 8 nitrogen and oxygen atoms in total. The largest absolute Gasteiger partial charge is 0.463 e. The summed E-state index contributed by atoms with van der Waals surface area (Å²) in [4.78, 5) is 44.9. The molecule has 1 saturated heterocycles. The number of nitrogens with zero attached hydrogens (tertiary/aromatic N) is 3. The van der Waals surface area contributed by atoms with Crippen LogP contribution >= 0.6 is 11.6 Å². The average Bonchev–Trinajstić information content (AvgIpc) is 2.89. The highest BCUT2D eigenvalue weighted by Gasteiger charge is 2.40. The predicted octanol–water partition coefficient (Wildman–Crippen LogP) is 4.23. The van der Waals surface area contributed by atoms with E-state index in [1.165, 1.54) is 11.0 Å². The number of ether oxygens (including phenoxy) is 1. The van der Waals surface area contributed by atoms with Crippen molar-refractivity contribution in [1.82, 2.24) is 20.0 Å². The van der Waals surface area contributed by atoms with Gasteiger partial charge < -0.3 is 15.0 Å². The molecule has 2 atom stereocenters. The zero-order valence-electron chi connectivity index (χ0n) is 21.7. The number of carbonyl (C=O) groups is 3. The summed E-state index contributed by atoms with van der Waals surface area (Å²) < 4.78 is 20.2. The molecule has 2 aromatic rings. The molecule has 2 aromatic carbocycles. The summed E-state index contributed by atoms with van der Waals surface area (Å²) in [6, 6.07) is 11.4. The lowest BCUT2D eigenvalue weighted by Gasteiger charge is -2.43. The first-order valence-corrected chi connectivity index (χ1v) is 13.1. The Morgan fingerprint density at radius 3 is 2.45 bits per heavy atom. The molecule has 38 heavy (non-hydrogen) atoms. The van der Waals surface area contributed by atoms with Crippen molar-refractivity contribution >= 4 is 29.5 Å². The van der Waals surface area contributed by atoms with Crippen molar-refractivity contribution in [3.63, 3.8) is 0 Å². The molecule has 1 fully saturated rings. The van der Waals surface area contributed by atoms with Crippen molar-refractivity contribution in [3.05, 3.63) is 81.8 Å². The number of urea groups is 1. The molecule has 3 amide bonds. The van der Waals surface area contributed by atoms with E-state index in [2.05, 4.69) is 10.2 Å². The van der Waals surface area contributed by atoms with Gasteiger partial charge in [0.2, 0.25) is 0 Å². The number of halogens is 2. The highest BCUT2D eigenvalue weighted by atomic mass is 35.5. The fraction of sp³-hybridized carbons (Fsp3) is 0.393. The number of likely N-dealkylation sites (N-methyl/N-ethyl adjacent to an activating group) is 1. The van der Waals surface area contributed by atoms with Crippen LogP contribution in [0.4, 0.5) is 9.18 Å². The van der Waals surface area contributed by atoms with Gasteiger partial charge in [-0.25, -0.2) is 14.0 Å². The van der Waals surface area contributed by atoms with E-state index in [-0.39, 0.29) is 36.2 Å². The molecule has 0 aliphatic carbocycles. The fourth-order valence-corrected chi connectivity index (χ4v) is 5.17. The van der Waals surface area contributed by atoms with Gasteiger partial charge in [-0.3, -0.25) is 14.6 Å². The second-order valence-corrected chi connectivity index (χ2v) is 9.76. The second-order valence-electron chi connectivity index (χ2n) is 9.32. The van der Waals surface area contributed by atoms with Gasteiger partial charge in [-0.15, -0.1) is 0 Å². The first-order valence-electron chi connectivity index (χ1n) is 12.8. The monoisotopic (exact) mass is 542 g/mol. The number of carbonyl (C=O) groups excluding carboxylic acids is 3. The Kier molecular flexibility index (Phi) is 8.69. The minimum atomic E-state index is -0.981. The van der Waals surface area contributed by atoms with E-state index in [9.17, 15) is 18.8 Å². The molecule has 0 aromatic heterocycles. The highest BCUT2D eigenvalue weighted by Crippen LogP contribution is 2.33. The van der Waals surface area contributed by atoms with E-state index in [4.69, 9.17) is 16.3 Å². The summed E-state index contributed by atoms with van der Waals surface area (Å²) in [5.41, 5.74) is 1.46. The summed E-state index contributed by atoms with van der Waals surface area (Å²) in [5.74, 6) is -1.20. The van der Waals surface area contributed by atoms with Crippen LogP contribution in [0.5, 0.6) is 0 Å². The van der Waals surface area contributed by atoms with E-state index in [0.717, 1.165) is 0 Å². The zero-order valence-corrected chi connectivity index (χ0v) is 22.5. The Bertz CT molecular complexity index is 1240. The molecule has 1 N–H and O–H groups in total. The molecule has 202 valence electrons. The van der Waals surface area contributed by atoms with Crippen molar-refractivity contribution in [2.24, 2.45) is 0 Å². The number of nitrogens with one attached hydrogen (secondary N) is 1. The topological polar surface area (TPSA) is 82.2 Å². The molecule has 0 unspecified atom stereocenters. The first-order chi connectivity index (χ1) is 18.2. The molecule has 2 heterocycles. The molecule has 0 radical (unpaired) electrons. The van der Waals surface area contributed by atoms with Gasteiger partial charge in [0.1, 0.15) is 5.82 Å². The molecule has 10 heteroatoms. The number of rotatable bonds is 7. The maximum Gasteiger partial charge on any atom is 0.338 e. The van der Waals surface area contributed by atoms with Gasteiger partial charge in [0, 0.05) is 60.6 Å². The summed E-state index contributed by atoms with van der Waals surface area (Å²) in [7, 11) is 0. The van der Waals surface area contributed by atoms with Crippen LogP contribution in [0, 0.1) is 5.82 Å². The van der Waals surface area contributed by atoms with E-state index in [1.807, 2.05) is 18.7 Å². The number of amides is 3. The van der Waals surface area contributed by atoms with Crippen LogP contribution in [0.2, 0.25) is 5.02 Å². The average molecular weight is 543 g/mol. The van der Waals surface area contributed by atoms with Gasteiger partial charge in [-0.1, -0.05) is 29.8 Å². The molecule has 2 aliphatic heterocycles. The van der Waals surface area contributed by atoms with Crippen molar-refractivity contribution in [3.8, 4) is 0 Å². The molecule has 0 spiro atoms. The third-order valence-electron chi connectivity index (χ3n) is 6.90. The maximum atomic E-state index is 14.8. The smallest absolute Gasteiger partial charge is 0.338 e. The Morgan fingerprint density at radius 1 is 1.11 bits per heavy atom. The minimum absolute atomic E-state index is 0.0768. The zero-order chi connectivity index (χ0) is 27.4. The lowest BCUT2D eigenvalue weighted by molar-refractivity contribution is -0.139. The van der Waals surface area contributed by atoms with Crippen LogP contribution in [0.3, 0.4) is 0 Å². The van der Waals surface area contributed by atoms with E-state index in [0.29, 0.717) is 42.5 Å². The van der Waals surface area contributed by atoms with Crippen LogP contribution in [0.25, 0.3) is 0 Å². The van der Waals surface area contributed by atoms with Gasteiger partial charge in [-0.2, -0.15) is 0 Å². The molecule has 4 rings (SSSR count). The third-order valence-corrected chi connectivity index (χ3v) is 7.16. The minimum Gasteiger partial charge on any atom is -0.463 e. The Morgan fingerprint density at radius 2 is 1.82 bits per heavy atom. The van der Waals surface area contributed by atoms with Gasteiger partial charge in [0.25, 0.3) is 5.91 Å². The van der Waals surface area contributed by atoms with Gasteiger partial charge in [0.05, 0.1) is 18.2 Å². The summed E-state index contributed by atoms with van der Waals surface area (Å²) in [6.07, 6.45) is 0. The van der Waals surface area contributed by atoms with E-state index >= 15 is 0 Å². The van der Waals surface area contributed by atoms with Crippen LogP contribution in [0.15, 0.2) is 59.8 Å². The van der Waals surface area contributed by atoms with Crippen LogP contribution in [-0.2, 0) is 9.53 Å². The molecule has 0 saturated carbocycles. The number of benzene rings is 2. The predicted molar refractivity (Wildman–Crippen MR) is 142 cm³/mol. The molecular formula is C28H32ClFN4O4. The number of hydrogen-bond acceptors (Lipinski definition) is 5. The quantitative estimate of drug-likeness (QED) is 0.530. The SMILES string of the molecule is CCOC(=O)C1=C(CN2CCN(C(=O)c3ccc(Cl)cc3)[C@@H](C)C2)N(CC)C(=O)N[C@H]1c1ccccc1F. The second kappa shape index (κ2) is 12.0. The van der Waals surface area contributed by atoms with Gasteiger partial charge in [0.15, 0.2) is 0 Å². The van der Waals surface area contributed by atoms with Gasteiger partial charge in [-0.05, 0) is 51.1 Å². The number of hydrogen-bond donors (Lipinski definition) is 1. The highest BCUT2D eigenvalue weighted by molar-refractivity contribution is 6.30. The molecule has 2 aliphatic rings. The Balaban J connectivity index is 1.63. The number of esters is 1. The standard InChI is InChI=1S/C28H32ClFN4O4/c1-4-33-23(17-32-14-15-34(18(3)16-32)26(35)19-10-12-20(29)13-11-19)24(27(36)38-5-2)25(31-28(33)37)21-8-6-7-9-22(21)30/h6-13,18,25H,4-5,14-17H2,1-3H3,(H,31,37)/t18-,25-/m0/s1. The lowest BCUT2D eigenvalue weighted by Crippen LogP contribution is -2.56. The van der Waals surface area contributed by atoms with Gasteiger partial charge >= 0.3 is 12.0 Å². The van der Waals surface area contributed by atoms with Crippen LogP contribution < -0.4 is 5.32 Å². The Labute approximate surface area is 227 Å². The maximum absolute atomic E-state index is 14.8. The van der Waals surface area contributed by atoms with E-state index in [1.54, 1.807) is 49.4 Å². The molecular weight excluding hydrogens is 511 g/mol. The lowest BCUT2D eigenvalue weighted by atomic mass is 9.93. The summed E-state index contributed by atoms with van der Waals surface area (Å²) in [5, 5.41) is 3.36.